The number of methoxy groups -OCH3 is 1. The number of fused-ring (bicyclic) bond motifs is 2. The number of nitrogens with two attached hydrogens (primary N) is 1. The van der Waals surface area contributed by atoms with Crippen molar-refractivity contribution < 1.29 is 9.53 Å². The van der Waals surface area contributed by atoms with Crippen molar-refractivity contribution in [1.82, 2.24) is 19.7 Å². The fraction of sp³-hybridized carbons (Fsp3) is 0.562. The average molecular weight is 317 g/mol. The van der Waals surface area contributed by atoms with E-state index < -0.39 is 0 Å². The maximum atomic E-state index is 12.5. The van der Waals surface area contributed by atoms with Gasteiger partial charge in [0.05, 0.1) is 41.7 Å². The molecule has 2 N–H and O–H groups in total. The van der Waals surface area contributed by atoms with E-state index in [9.17, 15) is 4.79 Å². The van der Waals surface area contributed by atoms with Crippen LogP contribution in [0.25, 0.3) is 11.0 Å². The summed E-state index contributed by atoms with van der Waals surface area (Å²) in [7, 11) is 1.62. The Bertz CT molecular complexity index is 725. The highest BCUT2D eigenvalue weighted by molar-refractivity contribution is 6.08. The third-order valence-corrected chi connectivity index (χ3v) is 4.28. The minimum atomic E-state index is -0.0670. The van der Waals surface area contributed by atoms with Gasteiger partial charge in [0.25, 0.3) is 5.91 Å². The van der Waals surface area contributed by atoms with Crippen molar-refractivity contribution in [1.29, 1.82) is 0 Å². The summed E-state index contributed by atoms with van der Waals surface area (Å²) in [6, 6.07) is 0. The summed E-state index contributed by atoms with van der Waals surface area (Å²) in [5.41, 5.74) is 8.79. The molecule has 3 heterocycles. The van der Waals surface area contributed by atoms with E-state index in [0.717, 1.165) is 42.5 Å². The van der Waals surface area contributed by atoms with E-state index in [-0.39, 0.29) is 5.91 Å². The Hall–Kier alpha value is -2.15. The van der Waals surface area contributed by atoms with E-state index in [1.54, 1.807) is 18.2 Å². The van der Waals surface area contributed by atoms with E-state index in [1.807, 2.05) is 4.68 Å². The molecule has 2 aromatic heterocycles. The van der Waals surface area contributed by atoms with Gasteiger partial charge in [-0.1, -0.05) is 19.8 Å². The number of carbonyl (C=O) groups is 1. The summed E-state index contributed by atoms with van der Waals surface area (Å²) >= 11 is 0. The molecule has 0 unspecified atom stereocenters. The van der Waals surface area contributed by atoms with Crippen LogP contribution < -0.4 is 5.73 Å². The monoisotopic (exact) mass is 317 g/mol. The normalized spacial score (nSPS) is 14.0. The second kappa shape index (κ2) is 6.54. The van der Waals surface area contributed by atoms with Gasteiger partial charge in [0.15, 0.2) is 5.65 Å². The third-order valence-electron chi connectivity index (χ3n) is 4.28. The molecule has 0 bridgehead atoms. The van der Waals surface area contributed by atoms with Crippen molar-refractivity contribution in [3.63, 3.8) is 0 Å². The second-order valence-electron chi connectivity index (χ2n) is 5.88. The number of aromatic nitrogens is 3. The molecule has 0 saturated heterocycles. The molecular weight excluding hydrogens is 294 g/mol. The molecule has 1 aliphatic heterocycles. The van der Waals surface area contributed by atoms with Gasteiger partial charge < -0.3 is 15.4 Å². The van der Waals surface area contributed by atoms with Crippen LogP contribution in [0.5, 0.6) is 0 Å². The van der Waals surface area contributed by atoms with E-state index >= 15 is 0 Å². The highest BCUT2D eigenvalue weighted by Crippen LogP contribution is 2.32. The maximum absolute atomic E-state index is 12.5. The Balaban J connectivity index is 1.93. The van der Waals surface area contributed by atoms with Crippen molar-refractivity contribution in [2.45, 2.75) is 39.3 Å². The Labute approximate surface area is 135 Å². The molecule has 0 saturated carbocycles. The highest BCUT2D eigenvalue weighted by atomic mass is 16.5. The van der Waals surface area contributed by atoms with Gasteiger partial charge in [0.1, 0.15) is 0 Å². The number of unbranched alkanes of at least 4 members (excludes halogenated alkanes) is 2. The maximum Gasteiger partial charge on any atom is 0.258 e. The third kappa shape index (κ3) is 2.76. The average Bonchev–Trinajstić information content (AvgIpc) is 3.08. The molecule has 0 spiro atoms. The number of nitrogens with zero attached hydrogens (tertiary/aromatic N) is 4. The van der Waals surface area contributed by atoms with Crippen LogP contribution in [0.1, 0.15) is 42.2 Å². The number of hydrogen-bond donors (Lipinski definition) is 1. The van der Waals surface area contributed by atoms with Crippen LogP contribution in [0.3, 0.4) is 0 Å². The summed E-state index contributed by atoms with van der Waals surface area (Å²) in [6.45, 7) is 4.53. The van der Waals surface area contributed by atoms with Crippen LogP contribution in [-0.4, -0.2) is 45.8 Å². The Morgan fingerprint density at radius 1 is 1.35 bits per heavy atom. The number of anilines is 1. The number of aryl methyl sites for hydroxylation is 1. The van der Waals surface area contributed by atoms with E-state index in [1.165, 1.54) is 0 Å². The molecule has 23 heavy (non-hydrogen) atoms. The zero-order chi connectivity index (χ0) is 16.4. The van der Waals surface area contributed by atoms with Crippen molar-refractivity contribution in [3.8, 4) is 0 Å². The number of ether oxygens (including phenoxy) is 1. The summed E-state index contributed by atoms with van der Waals surface area (Å²) in [5.74, 6) is -0.0670. The predicted molar refractivity (Wildman–Crippen MR) is 88.1 cm³/mol. The lowest BCUT2D eigenvalue weighted by Gasteiger charge is -2.13. The molecule has 0 aromatic carbocycles. The number of amides is 1. The first kappa shape index (κ1) is 15.7. The van der Waals surface area contributed by atoms with Gasteiger partial charge >= 0.3 is 0 Å². The Morgan fingerprint density at radius 2 is 2.17 bits per heavy atom. The molecule has 124 valence electrons. The van der Waals surface area contributed by atoms with Gasteiger partial charge in [-0.25, -0.2) is 9.67 Å². The summed E-state index contributed by atoms with van der Waals surface area (Å²) in [4.78, 5) is 18.9. The minimum Gasteiger partial charge on any atom is -0.397 e. The smallest absolute Gasteiger partial charge is 0.258 e. The Morgan fingerprint density at radius 3 is 2.91 bits per heavy atom. The fourth-order valence-corrected chi connectivity index (χ4v) is 2.98. The molecule has 3 rings (SSSR count). The van der Waals surface area contributed by atoms with Gasteiger partial charge in [-0.05, 0) is 6.42 Å². The van der Waals surface area contributed by atoms with E-state index in [2.05, 4.69) is 17.0 Å². The van der Waals surface area contributed by atoms with Gasteiger partial charge in [-0.3, -0.25) is 4.79 Å². The predicted octanol–water partition coefficient (Wildman–Crippen LogP) is 1.81. The van der Waals surface area contributed by atoms with Crippen LogP contribution in [0.4, 0.5) is 5.69 Å². The SMILES string of the molecule is CCCCCn1ncc2c(N)c3c(nc21)CN(CCOC)C3=O. The van der Waals surface area contributed by atoms with Crippen molar-refractivity contribution in [3.05, 3.63) is 17.5 Å². The van der Waals surface area contributed by atoms with Crippen LogP contribution in [0.15, 0.2) is 6.20 Å². The topological polar surface area (TPSA) is 86.3 Å². The second-order valence-corrected chi connectivity index (χ2v) is 5.88. The van der Waals surface area contributed by atoms with Crippen LogP contribution in [-0.2, 0) is 17.8 Å². The van der Waals surface area contributed by atoms with Gasteiger partial charge in [-0.2, -0.15) is 5.10 Å². The molecular formula is C16H23N5O2. The molecule has 0 aliphatic carbocycles. The molecule has 7 nitrogen and oxygen atoms in total. The number of hydrogen-bond acceptors (Lipinski definition) is 5. The number of rotatable bonds is 7. The summed E-state index contributed by atoms with van der Waals surface area (Å²) < 4.78 is 6.95. The number of carbonyl (C=O) groups excluding carboxylic acids is 1. The molecule has 0 fully saturated rings. The highest BCUT2D eigenvalue weighted by Gasteiger charge is 2.32. The van der Waals surface area contributed by atoms with E-state index in [4.69, 9.17) is 10.5 Å². The fourth-order valence-electron chi connectivity index (χ4n) is 2.98. The van der Waals surface area contributed by atoms with Crippen LogP contribution >= 0.6 is 0 Å². The molecule has 7 heteroatoms. The van der Waals surface area contributed by atoms with Crippen molar-refractivity contribution >= 4 is 22.6 Å². The van der Waals surface area contributed by atoms with E-state index in [0.29, 0.717) is 30.9 Å². The first-order chi connectivity index (χ1) is 11.2. The quantitative estimate of drug-likeness (QED) is 0.787. The first-order valence-electron chi connectivity index (χ1n) is 8.09. The minimum absolute atomic E-state index is 0.0670. The lowest BCUT2D eigenvalue weighted by molar-refractivity contribution is 0.0719. The molecule has 2 aromatic rings. The van der Waals surface area contributed by atoms with Crippen LogP contribution in [0.2, 0.25) is 0 Å². The summed E-state index contributed by atoms with van der Waals surface area (Å²) in [5, 5.41) is 5.16. The lowest BCUT2D eigenvalue weighted by Crippen LogP contribution is -2.27. The Kier molecular flexibility index (Phi) is 4.47. The van der Waals surface area contributed by atoms with Gasteiger partial charge in [0, 0.05) is 20.2 Å². The zero-order valence-corrected chi connectivity index (χ0v) is 13.7. The molecule has 1 aliphatic rings. The standard InChI is InChI=1S/C16H23N5O2/c1-3-4-5-6-21-15-11(9-18-21)14(17)13-12(19-15)10-20(16(13)22)7-8-23-2/h9H,3-8,10H2,1-2H3,(H2,17,19). The molecule has 1 amide bonds. The van der Waals surface area contributed by atoms with Gasteiger partial charge in [-0.15, -0.1) is 0 Å². The van der Waals surface area contributed by atoms with Crippen molar-refractivity contribution in [2.75, 3.05) is 26.0 Å². The lowest BCUT2D eigenvalue weighted by atomic mass is 10.1. The molecule has 0 atom stereocenters. The number of pyridine rings is 1. The van der Waals surface area contributed by atoms with Gasteiger partial charge in [0.2, 0.25) is 0 Å². The zero-order valence-electron chi connectivity index (χ0n) is 13.7. The first-order valence-corrected chi connectivity index (χ1v) is 8.09. The molecule has 0 radical (unpaired) electrons. The van der Waals surface area contributed by atoms with Crippen molar-refractivity contribution in [2.24, 2.45) is 0 Å². The van der Waals surface area contributed by atoms with Crippen LogP contribution in [0, 0.1) is 0 Å². The summed E-state index contributed by atoms with van der Waals surface area (Å²) in [6.07, 6.45) is 5.10. The number of nitrogen functional groups attached to an aromatic ring is 1. The largest absolute Gasteiger partial charge is 0.397 e.